The number of nitrogens with one attached hydrogen (secondary N) is 1. The number of hydrogen-bond acceptors (Lipinski definition) is 5. The maximum atomic E-state index is 14.3. The summed E-state index contributed by atoms with van der Waals surface area (Å²) in [5.74, 6) is -0.501. The molecule has 31 heavy (non-hydrogen) atoms. The molecule has 158 valence electrons. The molecule has 4 N–H and O–H groups in total. The molecule has 0 fully saturated rings. The average molecular weight is 420 g/mol. The van der Waals surface area contributed by atoms with Crippen LogP contribution in [0.1, 0.15) is 13.3 Å². The third-order valence-electron chi connectivity index (χ3n) is 5.14. The van der Waals surface area contributed by atoms with Crippen molar-refractivity contribution in [3.05, 3.63) is 72.3 Å². The smallest absolute Gasteiger partial charge is 0.165 e. The minimum absolute atomic E-state index is 0.0321. The summed E-state index contributed by atoms with van der Waals surface area (Å²) < 4.78 is 27.6. The molecule has 0 bridgehead atoms. The number of halogens is 2. The Bertz CT molecular complexity index is 1250. The molecule has 0 saturated heterocycles. The Morgan fingerprint density at radius 1 is 1.00 bits per heavy atom. The Balaban J connectivity index is 1.82. The molecule has 3 aromatic carbocycles. The van der Waals surface area contributed by atoms with Crippen molar-refractivity contribution < 1.29 is 13.9 Å². The first-order valence-corrected chi connectivity index (χ1v) is 10.0. The molecule has 1 aromatic heterocycles. The van der Waals surface area contributed by atoms with E-state index in [0.29, 0.717) is 29.0 Å². The van der Waals surface area contributed by atoms with Gasteiger partial charge in [0.25, 0.3) is 0 Å². The maximum absolute atomic E-state index is 14.3. The molecule has 4 rings (SSSR count). The number of nitrogens with zero attached hydrogens (tertiary/aromatic N) is 2. The van der Waals surface area contributed by atoms with E-state index < -0.39 is 11.6 Å². The van der Waals surface area contributed by atoms with Gasteiger partial charge in [0.1, 0.15) is 23.2 Å². The summed E-state index contributed by atoms with van der Waals surface area (Å²) in [5.41, 5.74) is 7.77. The topological polar surface area (TPSA) is 84.1 Å². The normalized spacial score (nSPS) is 12.1. The van der Waals surface area contributed by atoms with Crippen LogP contribution in [0.4, 0.5) is 14.6 Å². The van der Waals surface area contributed by atoms with Gasteiger partial charge in [0.2, 0.25) is 0 Å². The molecule has 0 aliphatic rings. The third-order valence-corrected chi connectivity index (χ3v) is 5.14. The maximum Gasteiger partial charge on any atom is 0.165 e. The fourth-order valence-electron chi connectivity index (χ4n) is 3.31. The molecule has 1 atom stereocenters. The second-order valence-electron chi connectivity index (χ2n) is 7.32. The largest absolute Gasteiger partial charge is 0.507 e. The molecule has 1 heterocycles. The fourth-order valence-corrected chi connectivity index (χ4v) is 3.31. The van der Waals surface area contributed by atoms with Crippen molar-refractivity contribution >= 4 is 16.7 Å². The number of para-hydroxylation sites is 1. The lowest BCUT2D eigenvalue weighted by Gasteiger charge is -2.15. The molecule has 4 aromatic rings. The zero-order valence-electron chi connectivity index (χ0n) is 16.9. The lowest BCUT2D eigenvalue weighted by atomic mass is 10.0. The number of fused-ring (bicyclic) bond motifs is 1. The van der Waals surface area contributed by atoms with Crippen LogP contribution in [-0.2, 0) is 0 Å². The minimum Gasteiger partial charge on any atom is -0.507 e. The zero-order chi connectivity index (χ0) is 22.0. The molecule has 7 heteroatoms. The van der Waals surface area contributed by atoms with Crippen LogP contribution in [0, 0.1) is 11.6 Å². The van der Waals surface area contributed by atoms with Crippen molar-refractivity contribution in [1.82, 2.24) is 9.97 Å². The van der Waals surface area contributed by atoms with E-state index in [0.717, 1.165) is 17.9 Å². The average Bonchev–Trinajstić information content (AvgIpc) is 2.77. The van der Waals surface area contributed by atoms with E-state index in [4.69, 9.17) is 5.73 Å². The highest BCUT2D eigenvalue weighted by Crippen LogP contribution is 2.34. The fraction of sp³-hybridized carbons (Fsp3) is 0.167. The summed E-state index contributed by atoms with van der Waals surface area (Å²) in [5, 5.41) is 14.6. The Kier molecular flexibility index (Phi) is 5.77. The van der Waals surface area contributed by atoms with E-state index in [1.165, 1.54) is 18.2 Å². The van der Waals surface area contributed by atoms with Gasteiger partial charge in [0, 0.05) is 29.6 Å². The first kappa shape index (κ1) is 20.7. The lowest BCUT2D eigenvalue weighted by Crippen LogP contribution is -2.28. The van der Waals surface area contributed by atoms with Gasteiger partial charge >= 0.3 is 0 Å². The van der Waals surface area contributed by atoms with Crippen molar-refractivity contribution in [3.8, 4) is 28.3 Å². The van der Waals surface area contributed by atoms with Crippen LogP contribution in [0.3, 0.4) is 0 Å². The highest BCUT2D eigenvalue weighted by Gasteiger charge is 2.15. The van der Waals surface area contributed by atoms with Crippen molar-refractivity contribution in [1.29, 1.82) is 0 Å². The molecular weight excluding hydrogens is 398 g/mol. The van der Waals surface area contributed by atoms with E-state index in [2.05, 4.69) is 15.3 Å². The van der Waals surface area contributed by atoms with E-state index >= 15 is 0 Å². The summed E-state index contributed by atoms with van der Waals surface area (Å²) in [7, 11) is 0. The Hall–Kier alpha value is -3.58. The van der Waals surface area contributed by atoms with Crippen LogP contribution in [0.5, 0.6) is 5.75 Å². The summed E-state index contributed by atoms with van der Waals surface area (Å²) in [6.45, 7) is 2.54. The van der Waals surface area contributed by atoms with Crippen LogP contribution in [0.2, 0.25) is 0 Å². The number of rotatable bonds is 6. The van der Waals surface area contributed by atoms with Gasteiger partial charge in [-0.25, -0.2) is 18.7 Å². The van der Waals surface area contributed by atoms with E-state index in [1.54, 1.807) is 12.1 Å². The monoisotopic (exact) mass is 420 g/mol. The Morgan fingerprint density at radius 2 is 1.81 bits per heavy atom. The number of benzene rings is 3. The number of nitrogens with two attached hydrogens (primary N) is 1. The minimum atomic E-state index is -0.688. The van der Waals surface area contributed by atoms with Crippen LogP contribution in [0.25, 0.3) is 33.4 Å². The number of phenols is 1. The summed E-state index contributed by atoms with van der Waals surface area (Å²) in [6.07, 6.45) is 0.814. The van der Waals surface area contributed by atoms with Gasteiger partial charge < -0.3 is 16.2 Å². The standard InChI is InChI=1S/C24H22F2N4O/c1-2-16(27)13-28-23-18-5-3-4-6-21(18)29-24(30-23)19-11-14(7-10-22(19)31)17-9-8-15(25)12-20(17)26/h3-12,16,31H,2,13,27H2,1H3,(H,28,29,30)/t16-/m0/s1. The SMILES string of the molecule is CC[C@H](N)CNc1nc(-c2cc(-c3ccc(F)cc3F)ccc2O)nc2ccccc12. The van der Waals surface area contributed by atoms with Gasteiger partial charge in [-0.3, -0.25) is 0 Å². The second kappa shape index (κ2) is 8.65. The van der Waals surface area contributed by atoms with Gasteiger partial charge in [-0.05, 0) is 48.4 Å². The molecule has 5 nitrogen and oxygen atoms in total. The first-order chi connectivity index (χ1) is 15.0. The molecule has 0 saturated carbocycles. The first-order valence-electron chi connectivity index (χ1n) is 10.0. The molecule has 0 aliphatic carbocycles. The molecule has 0 aliphatic heterocycles. The Labute approximate surface area is 178 Å². The number of anilines is 1. The van der Waals surface area contributed by atoms with E-state index in [1.807, 2.05) is 31.2 Å². The number of hydrogen-bond donors (Lipinski definition) is 3. The molecular formula is C24H22F2N4O. The van der Waals surface area contributed by atoms with Gasteiger partial charge in [-0.1, -0.05) is 25.1 Å². The van der Waals surface area contributed by atoms with Gasteiger partial charge in [0.15, 0.2) is 5.82 Å². The van der Waals surface area contributed by atoms with E-state index in [9.17, 15) is 13.9 Å². The predicted molar refractivity (Wildman–Crippen MR) is 119 cm³/mol. The second-order valence-corrected chi connectivity index (χ2v) is 7.32. The van der Waals surface area contributed by atoms with Crippen LogP contribution >= 0.6 is 0 Å². The van der Waals surface area contributed by atoms with Crippen LogP contribution in [0.15, 0.2) is 60.7 Å². The molecule has 0 amide bonds. The lowest BCUT2D eigenvalue weighted by molar-refractivity contribution is 0.477. The number of aromatic nitrogens is 2. The molecule has 0 spiro atoms. The predicted octanol–water partition coefficient (Wildman–Crippen LogP) is 5.10. The highest BCUT2D eigenvalue weighted by molar-refractivity contribution is 5.91. The third kappa shape index (κ3) is 4.32. The summed E-state index contributed by atoms with van der Waals surface area (Å²) >= 11 is 0. The quantitative estimate of drug-likeness (QED) is 0.404. The van der Waals surface area contributed by atoms with Crippen molar-refractivity contribution in [2.24, 2.45) is 5.73 Å². The number of phenolic OH excluding ortho intramolecular Hbond substituents is 1. The van der Waals surface area contributed by atoms with Gasteiger partial charge in [-0.2, -0.15) is 0 Å². The Morgan fingerprint density at radius 3 is 2.58 bits per heavy atom. The molecule has 0 radical (unpaired) electrons. The van der Waals surface area contributed by atoms with Crippen molar-refractivity contribution in [3.63, 3.8) is 0 Å². The molecule has 0 unspecified atom stereocenters. The number of aromatic hydroxyl groups is 1. The highest BCUT2D eigenvalue weighted by atomic mass is 19.1. The van der Waals surface area contributed by atoms with E-state index in [-0.39, 0.29) is 23.2 Å². The summed E-state index contributed by atoms with van der Waals surface area (Å²) in [6, 6.07) is 15.5. The zero-order valence-corrected chi connectivity index (χ0v) is 16.9. The van der Waals surface area contributed by atoms with Crippen molar-refractivity contribution in [2.75, 3.05) is 11.9 Å². The van der Waals surface area contributed by atoms with Crippen LogP contribution in [-0.4, -0.2) is 27.7 Å². The van der Waals surface area contributed by atoms with Gasteiger partial charge in [-0.15, -0.1) is 0 Å². The van der Waals surface area contributed by atoms with Crippen molar-refractivity contribution in [2.45, 2.75) is 19.4 Å². The van der Waals surface area contributed by atoms with Crippen LogP contribution < -0.4 is 11.1 Å². The summed E-state index contributed by atoms with van der Waals surface area (Å²) in [4.78, 5) is 9.21. The van der Waals surface area contributed by atoms with Gasteiger partial charge in [0.05, 0.1) is 11.1 Å².